The summed E-state index contributed by atoms with van der Waals surface area (Å²) in [6.07, 6.45) is 0. The molecule has 1 aromatic heterocycles. The van der Waals surface area contributed by atoms with Crippen LogP contribution in [0.5, 0.6) is 0 Å². The zero-order chi connectivity index (χ0) is 17.0. The Morgan fingerprint density at radius 2 is 1.74 bits per heavy atom. The van der Waals surface area contributed by atoms with Crippen LogP contribution in [0, 0.1) is 20.8 Å². The molecule has 0 aliphatic carbocycles. The minimum atomic E-state index is -0.674. The van der Waals surface area contributed by atoms with Crippen LogP contribution >= 0.6 is 0 Å². The molecule has 1 heterocycles. The molecule has 0 aliphatic rings. The first-order chi connectivity index (χ1) is 10.9. The molecule has 0 radical (unpaired) electrons. The van der Waals surface area contributed by atoms with E-state index in [0.717, 1.165) is 29.1 Å². The van der Waals surface area contributed by atoms with Gasteiger partial charge in [0.25, 0.3) is 0 Å². The number of carbonyl (C=O) groups is 2. The van der Waals surface area contributed by atoms with Gasteiger partial charge in [-0.3, -0.25) is 14.3 Å². The van der Waals surface area contributed by atoms with Crippen molar-refractivity contribution >= 4 is 17.5 Å². The van der Waals surface area contributed by atoms with Crippen LogP contribution in [0.15, 0.2) is 24.3 Å². The van der Waals surface area contributed by atoms with Crippen molar-refractivity contribution in [2.24, 2.45) is 0 Å². The number of amides is 2. The molecule has 0 fully saturated rings. The molecule has 0 atom stereocenters. The maximum Gasteiger partial charge on any atom is 0.313 e. The summed E-state index contributed by atoms with van der Waals surface area (Å²) in [7, 11) is 0. The molecular formula is C17H22N4O2. The molecule has 2 aromatic rings. The van der Waals surface area contributed by atoms with E-state index in [1.807, 2.05) is 44.5 Å². The first-order valence-corrected chi connectivity index (χ1v) is 7.61. The molecule has 1 aromatic carbocycles. The summed E-state index contributed by atoms with van der Waals surface area (Å²) in [5.41, 5.74) is 4.50. The van der Waals surface area contributed by atoms with Crippen molar-refractivity contribution in [2.45, 2.75) is 40.8 Å². The van der Waals surface area contributed by atoms with Gasteiger partial charge in [0.2, 0.25) is 0 Å². The maximum atomic E-state index is 11.9. The summed E-state index contributed by atoms with van der Waals surface area (Å²) in [6, 6.07) is 7.28. The van der Waals surface area contributed by atoms with Gasteiger partial charge in [0.1, 0.15) is 0 Å². The Kier molecular flexibility index (Phi) is 5.16. The number of aromatic nitrogens is 2. The Morgan fingerprint density at radius 1 is 1.09 bits per heavy atom. The van der Waals surface area contributed by atoms with Crippen LogP contribution < -0.4 is 10.6 Å². The molecule has 2 amide bonds. The van der Waals surface area contributed by atoms with Crippen LogP contribution in [0.2, 0.25) is 0 Å². The van der Waals surface area contributed by atoms with Crippen molar-refractivity contribution in [3.05, 3.63) is 46.8 Å². The SMILES string of the molecule is CCn1nc(C)c(CNC(=O)C(=O)Nc2ccc(C)cc2)c1C. The van der Waals surface area contributed by atoms with E-state index in [9.17, 15) is 9.59 Å². The molecule has 0 saturated heterocycles. The van der Waals surface area contributed by atoms with Crippen LogP contribution in [0.1, 0.15) is 29.4 Å². The average Bonchev–Trinajstić information content (AvgIpc) is 2.81. The van der Waals surface area contributed by atoms with Crippen LogP contribution in [0.25, 0.3) is 0 Å². The van der Waals surface area contributed by atoms with E-state index in [-0.39, 0.29) is 6.54 Å². The van der Waals surface area contributed by atoms with Gasteiger partial charge in [-0.05, 0) is 39.8 Å². The second kappa shape index (κ2) is 7.09. The summed E-state index contributed by atoms with van der Waals surface area (Å²) in [6.45, 7) is 8.88. The molecule has 0 saturated carbocycles. The Hall–Kier alpha value is -2.63. The number of carbonyl (C=O) groups excluding carboxylic acids is 2. The zero-order valence-electron chi connectivity index (χ0n) is 13.9. The summed E-state index contributed by atoms with van der Waals surface area (Å²) < 4.78 is 1.88. The summed E-state index contributed by atoms with van der Waals surface area (Å²) >= 11 is 0. The van der Waals surface area contributed by atoms with Gasteiger partial charge in [0.05, 0.1) is 5.69 Å². The standard InChI is InChI=1S/C17H22N4O2/c1-5-21-13(4)15(12(3)20-21)10-18-16(22)17(23)19-14-8-6-11(2)7-9-14/h6-9H,5,10H2,1-4H3,(H,18,22)(H,19,23). The van der Waals surface area contributed by atoms with Gasteiger partial charge in [-0.15, -0.1) is 0 Å². The highest BCUT2D eigenvalue weighted by atomic mass is 16.2. The second-order valence-corrected chi connectivity index (χ2v) is 5.47. The number of nitrogens with zero attached hydrogens (tertiary/aromatic N) is 2. The van der Waals surface area contributed by atoms with E-state index in [1.54, 1.807) is 12.1 Å². The second-order valence-electron chi connectivity index (χ2n) is 5.47. The lowest BCUT2D eigenvalue weighted by atomic mass is 10.2. The third-order valence-electron chi connectivity index (χ3n) is 3.77. The lowest BCUT2D eigenvalue weighted by Crippen LogP contribution is -2.35. The molecule has 0 spiro atoms. The molecular weight excluding hydrogens is 292 g/mol. The van der Waals surface area contributed by atoms with Gasteiger partial charge in [-0.2, -0.15) is 5.10 Å². The Labute approximate surface area is 135 Å². The van der Waals surface area contributed by atoms with Gasteiger partial charge in [-0.25, -0.2) is 0 Å². The fourth-order valence-corrected chi connectivity index (χ4v) is 2.37. The van der Waals surface area contributed by atoms with Crippen molar-refractivity contribution in [1.29, 1.82) is 0 Å². The van der Waals surface area contributed by atoms with E-state index in [0.29, 0.717) is 5.69 Å². The predicted octanol–water partition coefficient (Wildman–Crippen LogP) is 2.08. The highest BCUT2D eigenvalue weighted by Crippen LogP contribution is 2.12. The van der Waals surface area contributed by atoms with Gasteiger partial charge >= 0.3 is 11.8 Å². The lowest BCUT2D eigenvalue weighted by Gasteiger charge is -2.07. The molecule has 2 rings (SSSR count). The number of hydrogen-bond donors (Lipinski definition) is 2. The first kappa shape index (κ1) is 16.7. The molecule has 0 unspecified atom stereocenters. The summed E-state index contributed by atoms with van der Waals surface area (Å²) in [5, 5.41) is 9.62. The Balaban J connectivity index is 1.95. The van der Waals surface area contributed by atoms with Crippen LogP contribution in [-0.4, -0.2) is 21.6 Å². The normalized spacial score (nSPS) is 10.4. The molecule has 23 heavy (non-hydrogen) atoms. The highest BCUT2D eigenvalue weighted by Gasteiger charge is 2.16. The number of nitrogens with one attached hydrogen (secondary N) is 2. The van der Waals surface area contributed by atoms with Gasteiger partial charge < -0.3 is 10.6 Å². The number of rotatable bonds is 4. The fourth-order valence-electron chi connectivity index (χ4n) is 2.37. The molecule has 122 valence electrons. The van der Waals surface area contributed by atoms with Gasteiger partial charge in [-0.1, -0.05) is 17.7 Å². The number of anilines is 1. The first-order valence-electron chi connectivity index (χ1n) is 7.61. The third kappa shape index (κ3) is 3.97. The van der Waals surface area contributed by atoms with E-state index in [1.165, 1.54) is 0 Å². The summed E-state index contributed by atoms with van der Waals surface area (Å²) in [5.74, 6) is -1.33. The van der Waals surface area contributed by atoms with Gasteiger partial charge in [0.15, 0.2) is 0 Å². The largest absolute Gasteiger partial charge is 0.344 e. The predicted molar refractivity (Wildman–Crippen MR) is 89.0 cm³/mol. The fraction of sp³-hybridized carbons (Fsp3) is 0.353. The number of hydrogen-bond acceptors (Lipinski definition) is 3. The smallest absolute Gasteiger partial charge is 0.313 e. The number of benzene rings is 1. The monoisotopic (exact) mass is 314 g/mol. The van der Waals surface area contributed by atoms with E-state index in [2.05, 4.69) is 15.7 Å². The lowest BCUT2D eigenvalue weighted by molar-refractivity contribution is -0.136. The van der Waals surface area contributed by atoms with E-state index in [4.69, 9.17) is 0 Å². The van der Waals surface area contributed by atoms with Crippen molar-refractivity contribution < 1.29 is 9.59 Å². The molecule has 0 aliphatic heterocycles. The number of aryl methyl sites for hydroxylation is 3. The quantitative estimate of drug-likeness (QED) is 0.848. The summed E-state index contributed by atoms with van der Waals surface area (Å²) in [4.78, 5) is 23.8. The van der Waals surface area contributed by atoms with Gasteiger partial charge in [0, 0.05) is 30.0 Å². The molecule has 2 N–H and O–H groups in total. The van der Waals surface area contributed by atoms with Crippen molar-refractivity contribution in [3.8, 4) is 0 Å². The van der Waals surface area contributed by atoms with E-state index >= 15 is 0 Å². The van der Waals surface area contributed by atoms with E-state index < -0.39 is 11.8 Å². The molecule has 6 heteroatoms. The Bertz CT molecular complexity index is 717. The third-order valence-corrected chi connectivity index (χ3v) is 3.77. The minimum absolute atomic E-state index is 0.290. The minimum Gasteiger partial charge on any atom is -0.344 e. The van der Waals surface area contributed by atoms with Crippen molar-refractivity contribution in [2.75, 3.05) is 5.32 Å². The van der Waals surface area contributed by atoms with Crippen LogP contribution in [-0.2, 0) is 22.7 Å². The average molecular weight is 314 g/mol. The van der Waals surface area contributed by atoms with Crippen molar-refractivity contribution in [1.82, 2.24) is 15.1 Å². The zero-order valence-corrected chi connectivity index (χ0v) is 13.9. The topological polar surface area (TPSA) is 76.0 Å². The van der Waals surface area contributed by atoms with Crippen LogP contribution in [0.4, 0.5) is 5.69 Å². The van der Waals surface area contributed by atoms with Crippen molar-refractivity contribution in [3.63, 3.8) is 0 Å². The molecule has 6 nitrogen and oxygen atoms in total. The Morgan fingerprint density at radius 3 is 2.30 bits per heavy atom. The highest BCUT2D eigenvalue weighted by molar-refractivity contribution is 6.39. The maximum absolute atomic E-state index is 11.9. The van der Waals surface area contributed by atoms with Crippen LogP contribution in [0.3, 0.4) is 0 Å². The molecule has 0 bridgehead atoms.